The van der Waals surface area contributed by atoms with Gasteiger partial charge in [-0.05, 0) is 79.4 Å². The molecule has 0 amide bonds. The molecule has 25 heavy (non-hydrogen) atoms. The Morgan fingerprint density at radius 2 is 1.84 bits per heavy atom. The first-order valence-corrected chi connectivity index (χ1v) is 10.6. The minimum Gasteiger partial charge on any atom is -0.393 e. The van der Waals surface area contributed by atoms with E-state index in [0.29, 0.717) is 17.8 Å². The average molecular weight is 349 g/mol. The number of rotatable bonds is 2. The van der Waals surface area contributed by atoms with Crippen LogP contribution >= 0.6 is 0 Å². The zero-order chi connectivity index (χ0) is 18.0. The maximum Gasteiger partial charge on any atom is 0.0757 e. The summed E-state index contributed by atoms with van der Waals surface area (Å²) in [4.78, 5) is 0. The predicted octanol–water partition coefficient (Wildman–Crippen LogP) is 3.67. The van der Waals surface area contributed by atoms with E-state index in [1.165, 1.54) is 5.57 Å². The Hall–Kier alpha value is -0.380. The van der Waals surface area contributed by atoms with Gasteiger partial charge in [-0.2, -0.15) is 0 Å². The Bertz CT molecular complexity index is 557. The Morgan fingerprint density at radius 3 is 2.56 bits per heavy atom. The molecule has 4 aliphatic carbocycles. The summed E-state index contributed by atoms with van der Waals surface area (Å²) >= 11 is 0. The number of aliphatic hydroxyl groups excluding tert-OH is 3. The minimum atomic E-state index is -0.407. The highest BCUT2D eigenvalue weighted by Gasteiger charge is 2.62. The molecule has 3 saturated carbocycles. The first-order valence-electron chi connectivity index (χ1n) is 10.6. The molecule has 0 aliphatic heterocycles. The molecule has 0 aromatic carbocycles. The van der Waals surface area contributed by atoms with E-state index in [4.69, 9.17) is 0 Å². The van der Waals surface area contributed by atoms with Gasteiger partial charge in [-0.1, -0.05) is 38.8 Å². The van der Waals surface area contributed by atoms with Crippen LogP contribution in [0, 0.1) is 34.5 Å². The maximum atomic E-state index is 11.1. The lowest BCUT2D eigenvalue weighted by Crippen LogP contribution is -2.55. The largest absolute Gasteiger partial charge is 0.393 e. The highest BCUT2D eigenvalue weighted by molar-refractivity contribution is 5.28. The van der Waals surface area contributed by atoms with Crippen molar-refractivity contribution in [1.29, 1.82) is 0 Å². The fraction of sp³-hybridized carbons (Fsp3) is 0.909. The standard InChI is InChI=1S/C22H36O3/c1-4-5-13-10-17-19-16(7-9-22(17,3)20(13)25)21(2)8-6-15(23)11-14(21)12-18(19)24/h12-13,15-20,23-25H,4-11H2,1-3H3/t13-,15-,16+,17+,18+,19-,20+,21+,22+/m1/s1. The molecule has 0 saturated heterocycles. The van der Waals surface area contributed by atoms with Gasteiger partial charge in [0.1, 0.15) is 0 Å². The molecule has 4 rings (SSSR count). The third kappa shape index (κ3) is 2.49. The van der Waals surface area contributed by atoms with Crippen molar-refractivity contribution in [2.24, 2.45) is 34.5 Å². The van der Waals surface area contributed by atoms with Gasteiger partial charge >= 0.3 is 0 Å². The van der Waals surface area contributed by atoms with Gasteiger partial charge in [0.05, 0.1) is 18.3 Å². The van der Waals surface area contributed by atoms with Crippen LogP contribution in [0.15, 0.2) is 11.6 Å². The van der Waals surface area contributed by atoms with Crippen molar-refractivity contribution < 1.29 is 15.3 Å². The highest BCUT2D eigenvalue weighted by atomic mass is 16.3. The molecule has 3 nitrogen and oxygen atoms in total. The van der Waals surface area contributed by atoms with Crippen molar-refractivity contribution in [2.45, 2.75) is 90.4 Å². The van der Waals surface area contributed by atoms with Gasteiger partial charge in [-0.25, -0.2) is 0 Å². The van der Waals surface area contributed by atoms with E-state index in [-0.39, 0.29) is 29.0 Å². The second-order valence-corrected chi connectivity index (χ2v) is 10.1. The van der Waals surface area contributed by atoms with Gasteiger partial charge in [0.2, 0.25) is 0 Å². The van der Waals surface area contributed by atoms with Crippen LogP contribution in [0.5, 0.6) is 0 Å². The Kier molecular flexibility index (Phi) is 4.37. The molecule has 3 heteroatoms. The molecule has 9 atom stereocenters. The molecule has 3 N–H and O–H groups in total. The fourth-order valence-corrected chi connectivity index (χ4v) is 7.43. The molecule has 0 aromatic heterocycles. The number of hydrogen-bond donors (Lipinski definition) is 3. The normalized spacial score (nSPS) is 55.1. The van der Waals surface area contributed by atoms with Crippen LogP contribution in [-0.2, 0) is 0 Å². The minimum absolute atomic E-state index is 0.0299. The molecule has 0 bridgehead atoms. The summed E-state index contributed by atoms with van der Waals surface area (Å²) in [7, 11) is 0. The van der Waals surface area contributed by atoms with Crippen molar-refractivity contribution in [3.05, 3.63) is 11.6 Å². The molecular weight excluding hydrogens is 312 g/mol. The monoisotopic (exact) mass is 348 g/mol. The van der Waals surface area contributed by atoms with Crippen molar-refractivity contribution in [2.75, 3.05) is 0 Å². The summed E-state index contributed by atoms with van der Waals surface area (Å²) in [5, 5.41) is 32.2. The zero-order valence-electron chi connectivity index (χ0n) is 16.1. The molecule has 4 aliphatic rings. The summed E-state index contributed by atoms with van der Waals surface area (Å²) in [5.41, 5.74) is 1.41. The quantitative estimate of drug-likeness (QED) is 0.667. The summed E-state index contributed by atoms with van der Waals surface area (Å²) < 4.78 is 0. The van der Waals surface area contributed by atoms with Gasteiger partial charge < -0.3 is 15.3 Å². The first-order chi connectivity index (χ1) is 11.8. The molecule has 0 heterocycles. The van der Waals surface area contributed by atoms with Gasteiger partial charge in [0.15, 0.2) is 0 Å². The predicted molar refractivity (Wildman–Crippen MR) is 98.9 cm³/mol. The highest BCUT2D eigenvalue weighted by Crippen LogP contribution is 2.66. The van der Waals surface area contributed by atoms with Gasteiger partial charge in [-0.15, -0.1) is 0 Å². The van der Waals surface area contributed by atoms with Crippen LogP contribution in [0.3, 0.4) is 0 Å². The van der Waals surface area contributed by atoms with Crippen LogP contribution in [0.2, 0.25) is 0 Å². The summed E-state index contributed by atoms with van der Waals surface area (Å²) in [6.45, 7) is 6.87. The Balaban J connectivity index is 1.69. The number of fused-ring (bicyclic) bond motifs is 5. The van der Waals surface area contributed by atoms with Crippen LogP contribution in [0.1, 0.15) is 72.1 Å². The van der Waals surface area contributed by atoms with Crippen LogP contribution in [-0.4, -0.2) is 33.6 Å². The lowest BCUT2D eigenvalue weighted by molar-refractivity contribution is -0.107. The summed E-state index contributed by atoms with van der Waals surface area (Å²) in [5.74, 6) is 1.60. The average Bonchev–Trinajstić information content (AvgIpc) is 2.82. The van der Waals surface area contributed by atoms with E-state index in [2.05, 4.69) is 26.8 Å². The second-order valence-electron chi connectivity index (χ2n) is 10.1. The molecule has 3 fully saturated rings. The third-order valence-corrected chi connectivity index (χ3v) is 8.88. The van der Waals surface area contributed by atoms with Gasteiger partial charge in [-0.3, -0.25) is 0 Å². The van der Waals surface area contributed by atoms with Crippen LogP contribution in [0.4, 0.5) is 0 Å². The van der Waals surface area contributed by atoms with E-state index in [9.17, 15) is 15.3 Å². The van der Waals surface area contributed by atoms with Gasteiger partial charge in [0, 0.05) is 0 Å². The first kappa shape index (κ1) is 18.0. The van der Waals surface area contributed by atoms with Crippen molar-refractivity contribution in [3.63, 3.8) is 0 Å². The molecule has 0 aromatic rings. The smallest absolute Gasteiger partial charge is 0.0757 e. The summed E-state index contributed by atoms with van der Waals surface area (Å²) in [6.07, 6.45) is 9.39. The topological polar surface area (TPSA) is 60.7 Å². The van der Waals surface area contributed by atoms with E-state index >= 15 is 0 Å². The number of hydrogen-bond acceptors (Lipinski definition) is 3. The van der Waals surface area contributed by atoms with Crippen molar-refractivity contribution in [1.82, 2.24) is 0 Å². The van der Waals surface area contributed by atoms with E-state index in [1.807, 2.05) is 0 Å². The Labute approximate surface area is 152 Å². The zero-order valence-corrected chi connectivity index (χ0v) is 16.1. The molecular formula is C22H36O3. The molecule has 142 valence electrons. The molecule has 0 spiro atoms. The van der Waals surface area contributed by atoms with Gasteiger partial charge in [0.25, 0.3) is 0 Å². The van der Waals surface area contributed by atoms with Crippen molar-refractivity contribution >= 4 is 0 Å². The van der Waals surface area contributed by atoms with Crippen LogP contribution in [0.25, 0.3) is 0 Å². The molecule has 0 radical (unpaired) electrons. The summed E-state index contributed by atoms with van der Waals surface area (Å²) in [6, 6.07) is 0. The SMILES string of the molecule is CCC[C@@H]1C[C@H]2[C@@H]3[C@@H](O)C=C4C[C@H](O)CC[C@]4(C)[C@H]3CC[C@]2(C)[C@H]1O. The lowest BCUT2D eigenvalue weighted by Gasteiger charge is -2.58. The van der Waals surface area contributed by atoms with E-state index in [0.717, 1.165) is 51.4 Å². The second kappa shape index (κ2) is 6.07. The Morgan fingerprint density at radius 1 is 1.08 bits per heavy atom. The van der Waals surface area contributed by atoms with E-state index < -0.39 is 6.10 Å². The van der Waals surface area contributed by atoms with Crippen LogP contribution < -0.4 is 0 Å². The van der Waals surface area contributed by atoms with Crippen molar-refractivity contribution in [3.8, 4) is 0 Å². The third-order valence-electron chi connectivity index (χ3n) is 8.88. The fourth-order valence-electron chi connectivity index (χ4n) is 7.43. The lowest BCUT2D eigenvalue weighted by atomic mass is 9.47. The van der Waals surface area contributed by atoms with E-state index in [1.54, 1.807) is 0 Å². The number of aliphatic hydroxyl groups is 3. The maximum absolute atomic E-state index is 11.1. The molecule has 0 unspecified atom stereocenters.